The van der Waals surface area contributed by atoms with E-state index in [1.807, 2.05) is 53.4 Å². The number of nitrogens with zero attached hydrogens (tertiary/aromatic N) is 3. The lowest BCUT2D eigenvalue weighted by Crippen LogP contribution is -2.35. The van der Waals surface area contributed by atoms with Crippen LogP contribution in [0.1, 0.15) is 17.4 Å². The molecule has 4 N–H and O–H groups in total. The Balaban J connectivity index is 1.54. The van der Waals surface area contributed by atoms with Gasteiger partial charge in [-0.1, -0.05) is 17.7 Å². The zero-order chi connectivity index (χ0) is 18.8. The Labute approximate surface area is 162 Å². The molecule has 0 fully saturated rings. The zero-order valence-corrected chi connectivity index (χ0v) is 15.2. The zero-order valence-electron chi connectivity index (χ0n) is 14.4. The highest BCUT2D eigenvalue weighted by Gasteiger charge is 2.23. The van der Waals surface area contributed by atoms with E-state index in [0.717, 1.165) is 22.6 Å². The molecule has 2 aromatic carbocycles. The van der Waals surface area contributed by atoms with E-state index in [1.165, 1.54) is 0 Å². The maximum absolute atomic E-state index is 6.41. The second-order valence-corrected chi connectivity index (χ2v) is 6.55. The molecule has 1 aliphatic heterocycles. The Hall–Kier alpha value is -3.09. The Bertz CT molecular complexity index is 993. The van der Waals surface area contributed by atoms with Crippen molar-refractivity contribution >= 4 is 35.0 Å². The first-order chi connectivity index (χ1) is 13.1. The number of hydrogen-bond acceptors (Lipinski definition) is 6. The molecule has 0 radical (unpaired) electrons. The second kappa shape index (κ2) is 7.26. The molecule has 1 atom stereocenters. The molecule has 1 unspecified atom stereocenters. The third-order valence-corrected chi connectivity index (χ3v) is 4.60. The lowest BCUT2D eigenvalue weighted by Gasteiger charge is -2.31. The standard InChI is InChI=1S/C20H18ClN5O/c21-17-10-15(5-7-19(17)27-11-14-3-1-2-8-24-14)26-12-25-18-6-4-13(22)9-16(18)20(26)23/h1-10,12,20H,11,22-23H2. The molecule has 27 heavy (non-hydrogen) atoms. The highest BCUT2D eigenvalue weighted by atomic mass is 35.5. The molecule has 0 spiro atoms. The maximum Gasteiger partial charge on any atom is 0.138 e. The van der Waals surface area contributed by atoms with Gasteiger partial charge in [0.1, 0.15) is 18.5 Å². The number of aliphatic imine (C=N–C) groups is 1. The van der Waals surface area contributed by atoms with Crippen LogP contribution in [0.3, 0.4) is 0 Å². The monoisotopic (exact) mass is 379 g/mol. The van der Waals surface area contributed by atoms with Crippen LogP contribution >= 0.6 is 11.6 Å². The van der Waals surface area contributed by atoms with Crippen LogP contribution in [0.4, 0.5) is 17.1 Å². The van der Waals surface area contributed by atoms with E-state index in [1.54, 1.807) is 18.6 Å². The molecule has 6 nitrogen and oxygen atoms in total. The summed E-state index contributed by atoms with van der Waals surface area (Å²) in [5.41, 5.74) is 16.3. The summed E-state index contributed by atoms with van der Waals surface area (Å²) in [5.74, 6) is 0.582. The molecular weight excluding hydrogens is 362 g/mol. The van der Waals surface area contributed by atoms with Gasteiger partial charge in [0, 0.05) is 23.1 Å². The molecule has 0 amide bonds. The molecule has 1 aromatic heterocycles. The molecule has 0 saturated heterocycles. The Kier molecular flexibility index (Phi) is 4.66. The number of nitrogen functional groups attached to an aromatic ring is 1. The van der Waals surface area contributed by atoms with Gasteiger partial charge in [-0.15, -0.1) is 0 Å². The molecule has 4 rings (SSSR count). The van der Waals surface area contributed by atoms with E-state index in [-0.39, 0.29) is 0 Å². The van der Waals surface area contributed by atoms with Crippen molar-refractivity contribution in [3.05, 3.63) is 77.1 Å². The highest BCUT2D eigenvalue weighted by molar-refractivity contribution is 6.32. The third-order valence-electron chi connectivity index (χ3n) is 4.31. The number of hydrogen-bond donors (Lipinski definition) is 2. The minimum absolute atomic E-state index is 0.344. The molecular formula is C20H18ClN5O. The van der Waals surface area contributed by atoms with Crippen molar-refractivity contribution in [3.63, 3.8) is 0 Å². The summed E-state index contributed by atoms with van der Waals surface area (Å²) in [5, 5.41) is 0.488. The Morgan fingerprint density at radius 2 is 2.00 bits per heavy atom. The van der Waals surface area contributed by atoms with E-state index < -0.39 is 6.17 Å². The van der Waals surface area contributed by atoms with E-state index >= 15 is 0 Å². The van der Waals surface area contributed by atoms with Gasteiger partial charge in [0.25, 0.3) is 0 Å². The number of halogens is 1. The molecule has 0 bridgehead atoms. The van der Waals surface area contributed by atoms with Crippen LogP contribution in [0.5, 0.6) is 5.75 Å². The first kappa shape index (κ1) is 17.3. The predicted molar refractivity (Wildman–Crippen MR) is 108 cm³/mol. The fraction of sp³-hybridized carbons (Fsp3) is 0.100. The quantitative estimate of drug-likeness (QED) is 0.668. The number of pyridine rings is 1. The van der Waals surface area contributed by atoms with Crippen LogP contribution in [0, 0.1) is 0 Å². The number of aromatic nitrogens is 1. The maximum atomic E-state index is 6.41. The molecule has 2 heterocycles. The number of nitrogens with two attached hydrogens (primary N) is 2. The second-order valence-electron chi connectivity index (χ2n) is 6.14. The van der Waals surface area contributed by atoms with E-state index in [0.29, 0.717) is 23.1 Å². The van der Waals surface area contributed by atoms with Crippen LogP contribution in [-0.4, -0.2) is 11.3 Å². The largest absolute Gasteiger partial charge is 0.486 e. The molecule has 0 aliphatic carbocycles. The number of ether oxygens (including phenoxy) is 1. The summed E-state index contributed by atoms with van der Waals surface area (Å²) in [6.45, 7) is 0.344. The van der Waals surface area contributed by atoms with Crippen molar-refractivity contribution in [1.29, 1.82) is 0 Å². The molecule has 136 valence electrons. The summed E-state index contributed by atoms with van der Waals surface area (Å²) in [6.07, 6.45) is 3.02. The average Bonchev–Trinajstić information content (AvgIpc) is 2.68. The minimum atomic E-state index is -0.405. The van der Waals surface area contributed by atoms with Gasteiger partial charge >= 0.3 is 0 Å². The predicted octanol–water partition coefficient (Wildman–Crippen LogP) is 4.03. The smallest absolute Gasteiger partial charge is 0.138 e. The van der Waals surface area contributed by atoms with Gasteiger partial charge in [0.2, 0.25) is 0 Å². The first-order valence-corrected chi connectivity index (χ1v) is 8.79. The van der Waals surface area contributed by atoms with Crippen molar-refractivity contribution < 1.29 is 4.74 Å². The van der Waals surface area contributed by atoms with Crippen molar-refractivity contribution in [2.75, 3.05) is 10.6 Å². The third kappa shape index (κ3) is 3.58. The molecule has 3 aromatic rings. The van der Waals surface area contributed by atoms with Crippen LogP contribution in [0.2, 0.25) is 5.02 Å². The van der Waals surface area contributed by atoms with Gasteiger partial charge in [-0.25, -0.2) is 4.99 Å². The summed E-state index contributed by atoms with van der Waals surface area (Å²) in [4.78, 5) is 10.5. The van der Waals surface area contributed by atoms with Crippen LogP contribution < -0.4 is 21.1 Å². The van der Waals surface area contributed by atoms with Gasteiger partial charge in [-0.2, -0.15) is 0 Å². The van der Waals surface area contributed by atoms with Gasteiger partial charge < -0.3 is 21.1 Å². The normalized spacial score (nSPS) is 15.5. The van der Waals surface area contributed by atoms with Crippen LogP contribution in [0.25, 0.3) is 0 Å². The minimum Gasteiger partial charge on any atom is -0.486 e. The number of benzene rings is 2. The Morgan fingerprint density at radius 3 is 2.78 bits per heavy atom. The molecule has 1 aliphatic rings. The number of fused-ring (bicyclic) bond motifs is 1. The topological polar surface area (TPSA) is 89.8 Å². The van der Waals surface area contributed by atoms with E-state index in [9.17, 15) is 0 Å². The van der Waals surface area contributed by atoms with Crippen molar-refractivity contribution in [1.82, 2.24) is 4.98 Å². The van der Waals surface area contributed by atoms with Crippen LogP contribution in [-0.2, 0) is 6.61 Å². The fourth-order valence-corrected chi connectivity index (χ4v) is 3.13. The summed E-state index contributed by atoms with van der Waals surface area (Å²) in [7, 11) is 0. The lowest BCUT2D eigenvalue weighted by atomic mass is 10.1. The first-order valence-electron chi connectivity index (χ1n) is 8.41. The molecule has 7 heteroatoms. The van der Waals surface area contributed by atoms with Gasteiger partial charge in [0.15, 0.2) is 0 Å². The SMILES string of the molecule is Nc1ccc2c(c1)C(N)N(c1ccc(OCc3ccccn3)c(Cl)c1)C=N2. The fourth-order valence-electron chi connectivity index (χ4n) is 2.90. The highest BCUT2D eigenvalue weighted by Crippen LogP contribution is 2.36. The van der Waals surface area contributed by atoms with Gasteiger partial charge in [0.05, 0.1) is 22.7 Å². The summed E-state index contributed by atoms with van der Waals surface area (Å²) >= 11 is 6.41. The van der Waals surface area contributed by atoms with Gasteiger partial charge in [-0.3, -0.25) is 4.98 Å². The van der Waals surface area contributed by atoms with E-state index in [4.69, 9.17) is 27.8 Å². The summed E-state index contributed by atoms with van der Waals surface area (Å²) < 4.78 is 5.77. The van der Waals surface area contributed by atoms with Crippen molar-refractivity contribution in [2.24, 2.45) is 10.7 Å². The van der Waals surface area contributed by atoms with Crippen LogP contribution in [0.15, 0.2) is 65.8 Å². The van der Waals surface area contributed by atoms with Crippen molar-refractivity contribution in [3.8, 4) is 5.75 Å². The average molecular weight is 380 g/mol. The lowest BCUT2D eigenvalue weighted by molar-refractivity contribution is 0.301. The summed E-state index contributed by atoms with van der Waals surface area (Å²) in [6, 6.07) is 16.7. The van der Waals surface area contributed by atoms with E-state index in [2.05, 4.69) is 9.98 Å². The van der Waals surface area contributed by atoms with Crippen molar-refractivity contribution in [2.45, 2.75) is 12.8 Å². The number of anilines is 2. The molecule has 0 saturated carbocycles. The van der Waals surface area contributed by atoms with Gasteiger partial charge in [-0.05, 0) is 48.5 Å². The Morgan fingerprint density at radius 1 is 1.11 bits per heavy atom. The number of rotatable bonds is 4.